The fraction of sp³-hybridized carbons (Fsp3) is 0.158. The van der Waals surface area contributed by atoms with Crippen molar-refractivity contribution in [3.05, 3.63) is 54.5 Å². The number of Topliss-reactive ketones (excluding diaryl/α,β-unsaturated/α-hetero) is 1. The largest absolute Gasteiger partial charge is 0.382 e. The number of benzene rings is 1. The third-order valence-electron chi connectivity index (χ3n) is 4.81. The number of aromatic amines is 1. The average Bonchev–Trinajstić information content (AvgIpc) is 3.04. The van der Waals surface area contributed by atoms with E-state index in [-0.39, 0.29) is 23.7 Å². The van der Waals surface area contributed by atoms with Gasteiger partial charge in [-0.15, -0.1) is 0 Å². The highest BCUT2D eigenvalue weighted by atomic mass is 19.1. The summed E-state index contributed by atoms with van der Waals surface area (Å²) in [5, 5.41) is 1.11. The van der Waals surface area contributed by atoms with Crippen LogP contribution >= 0.6 is 0 Å². The zero-order chi connectivity index (χ0) is 17.1. The number of imidazole rings is 1. The Morgan fingerprint density at radius 2 is 2.04 bits per heavy atom. The standard InChI is InChI=1S/C19H15FN4O/c20-14-8-13(14)18(25)17-19(21)23-16-4-2-12(9-24(16)17)10-1-3-15-11(7-10)5-6-22-15/h1-7,9,13-14,22H,8,21H2/t13-,14-/m1/s1. The van der Waals surface area contributed by atoms with Crippen LogP contribution in [0.3, 0.4) is 0 Å². The van der Waals surface area contributed by atoms with Crippen molar-refractivity contribution in [2.24, 2.45) is 5.92 Å². The van der Waals surface area contributed by atoms with E-state index in [2.05, 4.69) is 16.0 Å². The van der Waals surface area contributed by atoms with E-state index in [1.54, 1.807) is 4.40 Å². The normalized spacial score (nSPS) is 19.6. The number of nitrogens with one attached hydrogen (secondary N) is 1. The first-order chi connectivity index (χ1) is 12.1. The third kappa shape index (κ3) is 2.14. The number of hydrogen-bond donors (Lipinski definition) is 2. The molecule has 5 rings (SSSR count). The topological polar surface area (TPSA) is 76.2 Å². The zero-order valence-corrected chi connectivity index (χ0v) is 13.2. The molecule has 5 nitrogen and oxygen atoms in total. The van der Waals surface area contributed by atoms with Gasteiger partial charge in [-0.1, -0.05) is 6.07 Å². The smallest absolute Gasteiger partial charge is 0.189 e. The molecule has 0 saturated heterocycles. The molecule has 0 unspecified atom stereocenters. The quantitative estimate of drug-likeness (QED) is 0.562. The number of aromatic nitrogens is 3. The molecule has 0 aliphatic heterocycles. The second-order valence-corrected chi connectivity index (χ2v) is 6.49. The summed E-state index contributed by atoms with van der Waals surface area (Å²) < 4.78 is 15.0. The number of carbonyl (C=O) groups is 1. The van der Waals surface area contributed by atoms with Gasteiger partial charge in [0.05, 0.1) is 5.92 Å². The van der Waals surface area contributed by atoms with Gasteiger partial charge in [-0.05, 0) is 53.3 Å². The van der Waals surface area contributed by atoms with E-state index in [0.29, 0.717) is 5.65 Å². The number of rotatable bonds is 3. The first kappa shape index (κ1) is 14.2. The minimum atomic E-state index is -1.06. The number of pyridine rings is 1. The van der Waals surface area contributed by atoms with Gasteiger partial charge in [0.2, 0.25) is 0 Å². The zero-order valence-electron chi connectivity index (χ0n) is 13.2. The van der Waals surface area contributed by atoms with Crippen LogP contribution < -0.4 is 5.73 Å². The van der Waals surface area contributed by atoms with Crippen LogP contribution in [0.25, 0.3) is 27.7 Å². The summed E-state index contributed by atoms with van der Waals surface area (Å²) >= 11 is 0. The summed E-state index contributed by atoms with van der Waals surface area (Å²) in [5.74, 6) is -0.694. The highest BCUT2D eigenvalue weighted by Crippen LogP contribution is 2.38. The van der Waals surface area contributed by atoms with E-state index in [4.69, 9.17) is 5.73 Å². The van der Waals surface area contributed by atoms with Crippen molar-refractivity contribution >= 4 is 28.2 Å². The number of alkyl halides is 1. The molecule has 3 heterocycles. The molecule has 2 atom stereocenters. The van der Waals surface area contributed by atoms with Gasteiger partial charge in [0, 0.05) is 17.9 Å². The Morgan fingerprint density at radius 3 is 2.84 bits per heavy atom. The van der Waals surface area contributed by atoms with E-state index in [0.717, 1.165) is 22.0 Å². The van der Waals surface area contributed by atoms with Gasteiger partial charge < -0.3 is 10.7 Å². The van der Waals surface area contributed by atoms with Gasteiger partial charge in [-0.25, -0.2) is 9.37 Å². The Hall–Kier alpha value is -3.15. The van der Waals surface area contributed by atoms with Crippen LogP contribution in [0, 0.1) is 5.92 Å². The molecule has 0 bridgehead atoms. The predicted octanol–water partition coefficient (Wildman–Crippen LogP) is 3.61. The molecule has 0 radical (unpaired) electrons. The summed E-state index contributed by atoms with van der Waals surface area (Å²) in [6, 6.07) is 11.9. The summed E-state index contributed by atoms with van der Waals surface area (Å²) in [7, 11) is 0. The second-order valence-electron chi connectivity index (χ2n) is 6.49. The molecular weight excluding hydrogens is 319 g/mol. The first-order valence-corrected chi connectivity index (χ1v) is 8.15. The fourth-order valence-electron chi connectivity index (χ4n) is 3.32. The SMILES string of the molecule is Nc1nc2ccc(-c3ccc4[nH]ccc4c3)cn2c1C(=O)[C@@H]1C[C@H]1F. The third-order valence-corrected chi connectivity index (χ3v) is 4.81. The van der Waals surface area contributed by atoms with Gasteiger partial charge in [0.15, 0.2) is 11.6 Å². The van der Waals surface area contributed by atoms with Crippen molar-refractivity contribution in [1.82, 2.24) is 14.4 Å². The number of nitrogen functional groups attached to an aromatic ring is 1. The lowest BCUT2D eigenvalue weighted by Crippen LogP contribution is -2.10. The number of anilines is 1. The van der Waals surface area contributed by atoms with Gasteiger partial charge >= 0.3 is 0 Å². The Balaban J connectivity index is 1.66. The van der Waals surface area contributed by atoms with Crippen LogP contribution in [0.4, 0.5) is 10.2 Å². The molecule has 6 heteroatoms. The van der Waals surface area contributed by atoms with Crippen LogP contribution in [0.5, 0.6) is 0 Å². The van der Waals surface area contributed by atoms with Crippen LogP contribution in [0.2, 0.25) is 0 Å². The molecule has 0 spiro atoms. The second kappa shape index (κ2) is 4.92. The van der Waals surface area contributed by atoms with Crippen molar-refractivity contribution in [1.29, 1.82) is 0 Å². The fourth-order valence-corrected chi connectivity index (χ4v) is 3.32. The van der Waals surface area contributed by atoms with Crippen molar-refractivity contribution in [2.75, 3.05) is 5.73 Å². The maximum Gasteiger partial charge on any atom is 0.189 e. The number of fused-ring (bicyclic) bond motifs is 2. The van der Waals surface area contributed by atoms with Crippen molar-refractivity contribution in [2.45, 2.75) is 12.6 Å². The number of halogens is 1. The molecular formula is C19H15FN4O. The molecule has 3 N–H and O–H groups in total. The molecule has 1 aliphatic rings. The Morgan fingerprint density at radius 1 is 1.24 bits per heavy atom. The predicted molar refractivity (Wildman–Crippen MR) is 94.2 cm³/mol. The van der Waals surface area contributed by atoms with E-state index in [9.17, 15) is 9.18 Å². The molecule has 4 aromatic rings. The van der Waals surface area contributed by atoms with Crippen LogP contribution in [0.1, 0.15) is 16.9 Å². The van der Waals surface area contributed by atoms with Crippen molar-refractivity contribution in [3.63, 3.8) is 0 Å². The Kier molecular flexibility index (Phi) is 2.80. The van der Waals surface area contributed by atoms with E-state index in [1.807, 2.05) is 42.7 Å². The number of nitrogens with zero attached hydrogens (tertiary/aromatic N) is 2. The van der Waals surface area contributed by atoms with Gasteiger partial charge in [-0.3, -0.25) is 9.20 Å². The molecule has 124 valence electrons. The molecule has 1 aliphatic carbocycles. The number of hydrogen-bond acceptors (Lipinski definition) is 3. The summed E-state index contributed by atoms with van der Waals surface area (Å²) in [6.07, 6.45) is 2.95. The summed E-state index contributed by atoms with van der Waals surface area (Å²) in [6.45, 7) is 0. The summed E-state index contributed by atoms with van der Waals surface area (Å²) in [4.78, 5) is 19.9. The lowest BCUT2D eigenvalue weighted by molar-refractivity contribution is 0.0952. The lowest BCUT2D eigenvalue weighted by Gasteiger charge is -2.06. The van der Waals surface area contributed by atoms with Crippen LogP contribution in [-0.4, -0.2) is 26.3 Å². The summed E-state index contributed by atoms with van der Waals surface area (Å²) in [5.41, 5.74) is 9.83. The van der Waals surface area contributed by atoms with E-state index >= 15 is 0 Å². The number of H-pyrrole nitrogens is 1. The molecule has 1 fully saturated rings. The monoisotopic (exact) mass is 334 g/mol. The number of carbonyl (C=O) groups excluding carboxylic acids is 1. The van der Waals surface area contributed by atoms with E-state index < -0.39 is 12.1 Å². The average molecular weight is 334 g/mol. The van der Waals surface area contributed by atoms with Gasteiger partial charge in [0.25, 0.3) is 0 Å². The molecule has 25 heavy (non-hydrogen) atoms. The van der Waals surface area contributed by atoms with Crippen molar-refractivity contribution < 1.29 is 9.18 Å². The Labute approximate surface area is 142 Å². The van der Waals surface area contributed by atoms with Crippen LogP contribution in [0.15, 0.2) is 48.8 Å². The highest BCUT2D eigenvalue weighted by Gasteiger charge is 2.45. The van der Waals surface area contributed by atoms with Crippen molar-refractivity contribution in [3.8, 4) is 11.1 Å². The number of ketones is 1. The van der Waals surface area contributed by atoms with Gasteiger partial charge in [0.1, 0.15) is 17.5 Å². The maximum atomic E-state index is 13.3. The Bertz CT molecular complexity index is 1140. The highest BCUT2D eigenvalue weighted by molar-refractivity contribution is 6.03. The minimum absolute atomic E-state index is 0.155. The number of nitrogens with two attached hydrogens (primary N) is 1. The first-order valence-electron chi connectivity index (χ1n) is 8.15. The minimum Gasteiger partial charge on any atom is -0.382 e. The molecule has 1 saturated carbocycles. The molecule has 1 aromatic carbocycles. The lowest BCUT2D eigenvalue weighted by atomic mass is 10.1. The van der Waals surface area contributed by atoms with E-state index in [1.165, 1.54) is 0 Å². The van der Waals surface area contributed by atoms with Crippen LogP contribution in [-0.2, 0) is 0 Å². The molecule has 3 aromatic heterocycles. The molecule has 0 amide bonds. The van der Waals surface area contributed by atoms with Gasteiger partial charge in [-0.2, -0.15) is 0 Å². The maximum absolute atomic E-state index is 13.3.